The minimum absolute atomic E-state index is 0.394. The van der Waals surface area contributed by atoms with E-state index in [4.69, 9.17) is 9.26 Å². The van der Waals surface area contributed by atoms with Crippen molar-refractivity contribution >= 4 is 17.6 Å². The van der Waals surface area contributed by atoms with Gasteiger partial charge in [-0.05, 0) is 31.5 Å². The average Bonchev–Trinajstić information content (AvgIpc) is 3.12. The van der Waals surface area contributed by atoms with Gasteiger partial charge in [-0.1, -0.05) is 41.6 Å². The number of rotatable bonds is 3. The van der Waals surface area contributed by atoms with E-state index in [9.17, 15) is 9.59 Å². The van der Waals surface area contributed by atoms with E-state index in [1.165, 1.54) is 6.92 Å². The zero-order valence-electron chi connectivity index (χ0n) is 15.2. The maximum Gasteiger partial charge on any atom is 0.304 e. The number of ether oxygens (including phenoxy) is 1. The number of fused-ring (bicyclic) bond motifs is 1. The van der Waals surface area contributed by atoms with Crippen LogP contribution in [0.15, 0.2) is 53.1 Å². The molecule has 1 atom stereocenters. The minimum atomic E-state index is -1.53. The zero-order chi connectivity index (χ0) is 19.2. The van der Waals surface area contributed by atoms with Crippen molar-refractivity contribution in [1.82, 2.24) is 5.16 Å². The van der Waals surface area contributed by atoms with Crippen molar-refractivity contribution in [3.8, 4) is 11.1 Å². The summed E-state index contributed by atoms with van der Waals surface area (Å²) >= 11 is 0. The number of nitrogens with one attached hydrogen (secondary N) is 1. The third-order valence-corrected chi connectivity index (χ3v) is 4.77. The Morgan fingerprint density at radius 2 is 1.89 bits per heavy atom. The summed E-state index contributed by atoms with van der Waals surface area (Å²) in [5, 5.41) is 6.84. The molecule has 6 heteroatoms. The molecule has 27 heavy (non-hydrogen) atoms. The van der Waals surface area contributed by atoms with Gasteiger partial charge in [-0.2, -0.15) is 0 Å². The van der Waals surface area contributed by atoms with Gasteiger partial charge in [-0.25, -0.2) is 0 Å². The molecule has 6 nitrogen and oxygen atoms in total. The van der Waals surface area contributed by atoms with Crippen LogP contribution in [0.3, 0.4) is 0 Å². The molecular weight excluding hydrogens is 344 g/mol. The van der Waals surface area contributed by atoms with Crippen molar-refractivity contribution in [3.63, 3.8) is 0 Å². The van der Waals surface area contributed by atoms with E-state index < -0.39 is 17.5 Å². The molecular formula is C21H18N2O4. The molecule has 1 unspecified atom stereocenters. The van der Waals surface area contributed by atoms with E-state index in [2.05, 4.69) is 10.5 Å². The fourth-order valence-corrected chi connectivity index (χ4v) is 3.66. The van der Waals surface area contributed by atoms with Crippen LogP contribution >= 0.6 is 0 Å². The molecule has 0 aliphatic carbocycles. The Hall–Kier alpha value is -3.41. The van der Waals surface area contributed by atoms with Gasteiger partial charge in [0.1, 0.15) is 5.76 Å². The quantitative estimate of drug-likeness (QED) is 0.718. The molecule has 0 saturated carbocycles. The van der Waals surface area contributed by atoms with Crippen LogP contribution in [0.1, 0.15) is 29.5 Å². The number of aryl methyl sites for hydroxylation is 2. The summed E-state index contributed by atoms with van der Waals surface area (Å²) in [6, 6.07) is 14.6. The Labute approximate surface area is 156 Å². The topological polar surface area (TPSA) is 81.4 Å². The zero-order valence-corrected chi connectivity index (χ0v) is 15.2. The van der Waals surface area contributed by atoms with Gasteiger partial charge in [0.25, 0.3) is 5.91 Å². The van der Waals surface area contributed by atoms with Crippen molar-refractivity contribution in [2.24, 2.45) is 0 Å². The predicted octanol–water partition coefficient (Wildman–Crippen LogP) is 3.72. The number of aromatic nitrogens is 1. The van der Waals surface area contributed by atoms with E-state index in [0.29, 0.717) is 22.6 Å². The first-order chi connectivity index (χ1) is 12.9. The lowest BCUT2D eigenvalue weighted by Gasteiger charge is -2.27. The van der Waals surface area contributed by atoms with Gasteiger partial charge in [0.05, 0.1) is 5.69 Å². The van der Waals surface area contributed by atoms with Crippen LogP contribution in [0.25, 0.3) is 11.1 Å². The number of carbonyl (C=O) groups excluding carboxylic acids is 2. The van der Waals surface area contributed by atoms with Gasteiger partial charge in [0.2, 0.25) is 5.60 Å². The highest BCUT2D eigenvalue weighted by Gasteiger charge is 2.51. The number of amides is 1. The minimum Gasteiger partial charge on any atom is -0.439 e. The lowest BCUT2D eigenvalue weighted by atomic mass is 9.85. The molecule has 0 bridgehead atoms. The van der Waals surface area contributed by atoms with Gasteiger partial charge in [-0.3, -0.25) is 9.59 Å². The highest BCUT2D eigenvalue weighted by Crippen LogP contribution is 2.46. The second-order valence-corrected chi connectivity index (χ2v) is 6.55. The molecule has 1 aromatic heterocycles. The molecule has 0 saturated heterocycles. The molecule has 2 aromatic carbocycles. The smallest absolute Gasteiger partial charge is 0.304 e. The normalized spacial score (nSPS) is 18.1. The molecule has 0 radical (unpaired) electrons. The summed E-state index contributed by atoms with van der Waals surface area (Å²) in [4.78, 5) is 24.9. The van der Waals surface area contributed by atoms with E-state index in [-0.39, 0.29) is 0 Å². The highest BCUT2D eigenvalue weighted by molar-refractivity contribution is 6.09. The van der Waals surface area contributed by atoms with Gasteiger partial charge < -0.3 is 14.6 Å². The van der Waals surface area contributed by atoms with Crippen LogP contribution in [0, 0.1) is 13.8 Å². The van der Waals surface area contributed by atoms with E-state index in [1.54, 1.807) is 12.1 Å². The van der Waals surface area contributed by atoms with Crippen LogP contribution < -0.4 is 5.32 Å². The van der Waals surface area contributed by atoms with Crippen molar-refractivity contribution in [2.45, 2.75) is 26.4 Å². The van der Waals surface area contributed by atoms with Gasteiger partial charge >= 0.3 is 5.97 Å². The number of nitrogens with zero attached hydrogens (tertiary/aromatic N) is 1. The summed E-state index contributed by atoms with van der Waals surface area (Å²) < 4.78 is 10.9. The lowest BCUT2D eigenvalue weighted by Crippen LogP contribution is -2.40. The van der Waals surface area contributed by atoms with E-state index >= 15 is 0 Å². The summed E-state index contributed by atoms with van der Waals surface area (Å²) in [5.41, 5.74) is 2.72. The number of hydrogen-bond acceptors (Lipinski definition) is 5. The second kappa shape index (κ2) is 6.09. The van der Waals surface area contributed by atoms with Crippen molar-refractivity contribution < 1.29 is 18.8 Å². The molecule has 136 valence electrons. The summed E-state index contributed by atoms with van der Waals surface area (Å²) in [7, 11) is 0. The van der Waals surface area contributed by atoms with Crippen LogP contribution in [0.2, 0.25) is 0 Å². The number of anilines is 1. The van der Waals surface area contributed by atoms with Crippen molar-refractivity contribution in [2.75, 3.05) is 5.32 Å². The van der Waals surface area contributed by atoms with E-state index in [0.717, 1.165) is 16.8 Å². The first kappa shape index (κ1) is 17.0. The van der Waals surface area contributed by atoms with Crippen LogP contribution in [0.5, 0.6) is 0 Å². The summed E-state index contributed by atoms with van der Waals surface area (Å²) in [6.07, 6.45) is 0. The van der Waals surface area contributed by atoms with Crippen molar-refractivity contribution in [1.29, 1.82) is 0 Å². The van der Waals surface area contributed by atoms with E-state index in [1.807, 2.05) is 50.2 Å². The Bertz CT molecular complexity index is 1040. The molecule has 1 N–H and O–H groups in total. The number of esters is 1. The van der Waals surface area contributed by atoms with Crippen LogP contribution in [-0.2, 0) is 19.9 Å². The van der Waals surface area contributed by atoms with Gasteiger partial charge in [0.15, 0.2) is 0 Å². The Balaban J connectivity index is 1.97. The SMILES string of the molecule is CC(=O)OC1(c2ccccc2)C(=O)Nc2ccc(-c3c(C)noc3C)cc21. The Kier molecular flexibility index (Phi) is 3.84. The Morgan fingerprint density at radius 1 is 1.15 bits per heavy atom. The third kappa shape index (κ3) is 2.52. The molecule has 0 fully saturated rings. The first-order valence-corrected chi connectivity index (χ1v) is 8.58. The predicted molar refractivity (Wildman–Crippen MR) is 99.0 cm³/mol. The second-order valence-electron chi connectivity index (χ2n) is 6.55. The van der Waals surface area contributed by atoms with Crippen molar-refractivity contribution in [3.05, 3.63) is 71.1 Å². The molecule has 3 aromatic rings. The maximum absolute atomic E-state index is 13.0. The summed E-state index contributed by atoms with van der Waals surface area (Å²) in [6.45, 7) is 5.00. The first-order valence-electron chi connectivity index (χ1n) is 8.58. The molecule has 1 aliphatic heterocycles. The van der Waals surface area contributed by atoms with Gasteiger partial charge in [0, 0.05) is 29.3 Å². The monoisotopic (exact) mass is 362 g/mol. The Morgan fingerprint density at radius 3 is 2.52 bits per heavy atom. The molecule has 4 rings (SSSR count). The summed E-state index contributed by atoms with van der Waals surface area (Å²) in [5.74, 6) is -0.248. The molecule has 1 amide bonds. The van der Waals surface area contributed by atoms with Crippen LogP contribution in [-0.4, -0.2) is 17.0 Å². The molecule has 0 spiro atoms. The fraction of sp³-hybridized carbons (Fsp3) is 0.190. The van der Waals surface area contributed by atoms with Gasteiger partial charge in [-0.15, -0.1) is 0 Å². The average molecular weight is 362 g/mol. The third-order valence-electron chi connectivity index (χ3n) is 4.77. The maximum atomic E-state index is 13.0. The number of carbonyl (C=O) groups is 2. The standard InChI is InChI=1S/C21H18N2O4/c1-12-19(13(2)27-23-12)15-9-10-18-17(11-15)21(20(25)22-18,26-14(3)24)16-7-5-4-6-8-16/h4-11H,1-3H3,(H,22,25). The highest BCUT2D eigenvalue weighted by atomic mass is 16.6. The lowest BCUT2D eigenvalue weighted by molar-refractivity contribution is -0.160. The number of benzene rings is 2. The number of hydrogen-bond donors (Lipinski definition) is 1. The molecule has 2 heterocycles. The molecule has 1 aliphatic rings. The largest absolute Gasteiger partial charge is 0.439 e. The van der Waals surface area contributed by atoms with Crippen LogP contribution in [0.4, 0.5) is 5.69 Å². The fourth-order valence-electron chi connectivity index (χ4n) is 3.66.